The molecular weight excluding hydrogens is 274 g/mol. The van der Waals surface area contributed by atoms with Gasteiger partial charge in [0.25, 0.3) is 0 Å². The van der Waals surface area contributed by atoms with E-state index in [1.807, 2.05) is 0 Å². The number of aromatic nitrogens is 2. The van der Waals surface area contributed by atoms with Crippen molar-refractivity contribution in [2.45, 2.75) is 37.4 Å². The highest BCUT2D eigenvalue weighted by Crippen LogP contribution is 2.16. The summed E-state index contributed by atoms with van der Waals surface area (Å²) in [5.74, 6) is 0.0341. The molecule has 1 aromatic heterocycles. The van der Waals surface area contributed by atoms with Crippen LogP contribution < -0.4 is 5.32 Å². The monoisotopic (exact) mass is 289 g/mol. The molecule has 0 amide bonds. The number of aryl methyl sites for hydroxylation is 1. The maximum atomic E-state index is 12.1. The first kappa shape index (κ1) is 13.7. The number of piperidine rings is 1. The van der Waals surface area contributed by atoms with Crippen LogP contribution in [-0.2, 0) is 9.84 Å². The molecule has 100 valence electrons. The van der Waals surface area contributed by atoms with Gasteiger partial charge < -0.3 is 5.32 Å². The van der Waals surface area contributed by atoms with Crippen molar-refractivity contribution in [3.05, 3.63) is 16.9 Å². The second-order valence-corrected chi connectivity index (χ2v) is 6.84. The molecule has 1 aliphatic heterocycles. The van der Waals surface area contributed by atoms with Gasteiger partial charge in [0.05, 0.1) is 5.75 Å². The average molecular weight is 290 g/mol. The summed E-state index contributed by atoms with van der Waals surface area (Å²) >= 11 is 5.83. The molecule has 0 spiro atoms. The summed E-state index contributed by atoms with van der Waals surface area (Å²) in [5.41, 5.74) is 0.673. The van der Waals surface area contributed by atoms with Crippen LogP contribution in [0.2, 0.25) is 5.15 Å². The molecular formula is C11H16ClN3O2S. The number of halogens is 1. The molecule has 1 aromatic rings. The zero-order valence-corrected chi connectivity index (χ0v) is 11.8. The van der Waals surface area contributed by atoms with Gasteiger partial charge in [-0.05, 0) is 26.3 Å². The first-order valence-corrected chi connectivity index (χ1v) is 7.97. The van der Waals surface area contributed by atoms with Gasteiger partial charge in [0.15, 0.2) is 0 Å². The van der Waals surface area contributed by atoms with Crippen LogP contribution in [0.15, 0.2) is 11.4 Å². The normalized spacial score (nSPS) is 20.9. The molecule has 1 atom stereocenters. The van der Waals surface area contributed by atoms with Crippen molar-refractivity contribution in [2.75, 3.05) is 12.3 Å². The van der Waals surface area contributed by atoms with Crippen LogP contribution >= 0.6 is 11.6 Å². The second kappa shape index (κ2) is 5.50. The number of rotatable bonds is 3. The van der Waals surface area contributed by atoms with Gasteiger partial charge in [-0.1, -0.05) is 18.0 Å². The van der Waals surface area contributed by atoms with Crippen LogP contribution in [0.5, 0.6) is 0 Å². The topological polar surface area (TPSA) is 72.0 Å². The molecule has 1 N–H and O–H groups in total. The van der Waals surface area contributed by atoms with E-state index in [1.54, 1.807) is 6.92 Å². The lowest BCUT2D eigenvalue weighted by Crippen LogP contribution is -2.39. The Balaban J connectivity index is 2.16. The van der Waals surface area contributed by atoms with E-state index in [4.69, 9.17) is 11.6 Å². The number of hydrogen-bond donors (Lipinski definition) is 1. The van der Waals surface area contributed by atoms with Gasteiger partial charge in [0.2, 0.25) is 15.0 Å². The predicted octanol–water partition coefficient (Wildman–Crippen LogP) is 1.35. The summed E-state index contributed by atoms with van der Waals surface area (Å²) in [6.45, 7) is 2.61. The zero-order chi connectivity index (χ0) is 13.2. The largest absolute Gasteiger partial charge is 0.313 e. The minimum atomic E-state index is -3.47. The molecule has 1 saturated heterocycles. The van der Waals surface area contributed by atoms with E-state index in [1.165, 1.54) is 6.20 Å². The SMILES string of the molecule is Cc1cnc(S(=O)(=O)C[C@H]2CCCCN2)nc1Cl. The van der Waals surface area contributed by atoms with Gasteiger partial charge in [-0.3, -0.25) is 0 Å². The minimum absolute atomic E-state index is 0.00701. The first-order chi connectivity index (χ1) is 8.49. The molecule has 0 aliphatic carbocycles. The van der Waals surface area contributed by atoms with Gasteiger partial charge in [0.1, 0.15) is 5.15 Å². The van der Waals surface area contributed by atoms with Crippen molar-refractivity contribution in [1.82, 2.24) is 15.3 Å². The molecule has 0 bridgehead atoms. The number of nitrogens with zero attached hydrogens (tertiary/aromatic N) is 2. The van der Waals surface area contributed by atoms with Crippen LogP contribution in [0.3, 0.4) is 0 Å². The van der Waals surface area contributed by atoms with Crippen molar-refractivity contribution in [1.29, 1.82) is 0 Å². The zero-order valence-electron chi connectivity index (χ0n) is 10.2. The van der Waals surface area contributed by atoms with Crippen LogP contribution in [-0.4, -0.2) is 36.7 Å². The minimum Gasteiger partial charge on any atom is -0.313 e. The highest BCUT2D eigenvalue weighted by molar-refractivity contribution is 7.91. The molecule has 0 aromatic carbocycles. The van der Waals surface area contributed by atoms with Crippen LogP contribution in [0.4, 0.5) is 0 Å². The van der Waals surface area contributed by atoms with Crippen LogP contribution in [0, 0.1) is 6.92 Å². The molecule has 2 rings (SSSR count). The molecule has 1 aliphatic rings. The standard InChI is InChI=1S/C11H16ClN3O2S/c1-8-6-14-11(15-10(8)12)18(16,17)7-9-4-2-3-5-13-9/h6,9,13H,2-5,7H2,1H3/t9-/m1/s1. The number of nitrogens with one attached hydrogen (secondary N) is 1. The summed E-state index contributed by atoms with van der Waals surface area (Å²) in [6, 6.07) is -0.00701. The Morgan fingerprint density at radius 3 is 2.89 bits per heavy atom. The van der Waals surface area contributed by atoms with Gasteiger partial charge in [-0.2, -0.15) is 0 Å². The highest BCUT2D eigenvalue weighted by Gasteiger charge is 2.25. The average Bonchev–Trinajstić information content (AvgIpc) is 2.33. The van der Waals surface area contributed by atoms with E-state index in [-0.39, 0.29) is 22.1 Å². The van der Waals surface area contributed by atoms with Gasteiger partial charge >= 0.3 is 0 Å². The molecule has 0 unspecified atom stereocenters. The fourth-order valence-electron chi connectivity index (χ4n) is 1.96. The summed E-state index contributed by atoms with van der Waals surface area (Å²) < 4.78 is 24.3. The number of hydrogen-bond acceptors (Lipinski definition) is 5. The van der Waals surface area contributed by atoms with Crippen LogP contribution in [0.25, 0.3) is 0 Å². The quantitative estimate of drug-likeness (QED) is 0.672. The molecule has 0 saturated carbocycles. The Hall–Kier alpha value is -0.720. The molecule has 5 nitrogen and oxygen atoms in total. The van der Waals surface area contributed by atoms with Crippen molar-refractivity contribution < 1.29 is 8.42 Å². The molecule has 0 radical (unpaired) electrons. The van der Waals surface area contributed by atoms with Crippen molar-refractivity contribution in [2.24, 2.45) is 0 Å². The van der Waals surface area contributed by atoms with E-state index in [2.05, 4.69) is 15.3 Å². The van der Waals surface area contributed by atoms with Crippen LogP contribution in [0.1, 0.15) is 24.8 Å². The highest BCUT2D eigenvalue weighted by atomic mass is 35.5. The Morgan fingerprint density at radius 1 is 1.50 bits per heavy atom. The predicted molar refractivity (Wildman–Crippen MR) is 69.5 cm³/mol. The van der Waals surface area contributed by atoms with E-state index < -0.39 is 9.84 Å². The van der Waals surface area contributed by atoms with Crippen molar-refractivity contribution in [3.63, 3.8) is 0 Å². The Bertz CT molecular complexity index is 527. The Labute approximate surface area is 112 Å². The molecule has 1 fully saturated rings. The third-order valence-corrected chi connectivity index (χ3v) is 4.98. The van der Waals surface area contributed by atoms with Gasteiger partial charge in [-0.25, -0.2) is 18.4 Å². The van der Waals surface area contributed by atoms with E-state index in [0.29, 0.717) is 5.56 Å². The van der Waals surface area contributed by atoms with E-state index >= 15 is 0 Å². The van der Waals surface area contributed by atoms with Crippen molar-refractivity contribution in [3.8, 4) is 0 Å². The summed E-state index contributed by atoms with van der Waals surface area (Å²) in [4.78, 5) is 7.71. The van der Waals surface area contributed by atoms with Gasteiger partial charge in [0, 0.05) is 17.8 Å². The molecule has 7 heteroatoms. The smallest absolute Gasteiger partial charge is 0.248 e. The lowest BCUT2D eigenvalue weighted by molar-refractivity contribution is 0.423. The fourth-order valence-corrected chi connectivity index (χ4v) is 3.55. The lowest BCUT2D eigenvalue weighted by Gasteiger charge is -2.22. The third-order valence-electron chi connectivity index (χ3n) is 3.00. The summed E-state index contributed by atoms with van der Waals surface area (Å²) in [7, 11) is -3.47. The van der Waals surface area contributed by atoms with Crippen molar-refractivity contribution >= 4 is 21.4 Å². The van der Waals surface area contributed by atoms with E-state index in [9.17, 15) is 8.42 Å². The third kappa shape index (κ3) is 3.18. The lowest BCUT2D eigenvalue weighted by atomic mass is 10.1. The van der Waals surface area contributed by atoms with E-state index in [0.717, 1.165) is 25.8 Å². The summed E-state index contributed by atoms with van der Waals surface area (Å²) in [5, 5.41) is 3.22. The van der Waals surface area contributed by atoms with Gasteiger partial charge in [-0.15, -0.1) is 0 Å². The first-order valence-electron chi connectivity index (χ1n) is 5.94. The second-order valence-electron chi connectivity index (χ2n) is 4.55. The Kier molecular flexibility index (Phi) is 4.19. The maximum Gasteiger partial charge on any atom is 0.248 e. The maximum absolute atomic E-state index is 12.1. The fraction of sp³-hybridized carbons (Fsp3) is 0.636. The molecule has 2 heterocycles. The Morgan fingerprint density at radius 2 is 2.28 bits per heavy atom. The summed E-state index contributed by atoms with van der Waals surface area (Å²) in [6.07, 6.45) is 4.47. The number of sulfone groups is 1. The molecule has 18 heavy (non-hydrogen) atoms.